The van der Waals surface area contributed by atoms with Crippen LogP contribution in [0.1, 0.15) is 277 Å². The molecule has 12 unspecified atom stereocenters. The second kappa shape index (κ2) is 65.2. The molecule has 0 bridgehead atoms. The van der Waals surface area contributed by atoms with E-state index < -0.39 is 86.8 Å². The van der Waals surface area contributed by atoms with Crippen LogP contribution in [0.15, 0.2) is 146 Å². The molecule has 0 aromatic carbocycles. The first-order valence-electron chi connectivity index (χ1n) is 38.6. The van der Waals surface area contributed by atoms with Crippen molar-refractivity contribution in [1.82, 2.24) is 5.32 Å². The molecule has 1 amide bonds. The molecule has 0 saturated carbocycles. The topological polar surface area (TPSA) is 228 Å². The van der Waals surface area contributed by atoms with Gasteiger partial charge in [-0.3, -0.25) is 4.79 Å². The third kappa shape index (κ3) is 48.4. The van der Waals surface area contributed by atoms with Gasteiger partial charge in [0.15, 0.2) is 12.6 Å². The molecule has 2 aliphatic heterocycles. The number of ether oxygens (including phenoxy) is 4. The molecule has 0 aliphatic carbocycles. The summed E-state index contributed by atoms with van der Waals surface area (Å²) in [5, 5.41) is 87.5. The minimum absolute atomic E-state index is 0.220. The van der Waals surface area contributed by atoms with E-state index in [0.29, 0.717) is 12.8 Å². The summed E-state index contributed by atoms with van der Waals surface area (Å²) >= 11 is 0. The van der Waals surface area contributed by atoms with Gasteiger partial charge in [-0.2, -0.15) is 0 Å². The van der Waals surface area contributed by atoms with Crippen LogP contribution >= 0.6 is 0 Å². The first-order valence-corrected chi connectivity index (χ1v) is 38.6. The first-order chi connectivity index (χ1) is 47.6. The summed E-state index contributed by atoms with van der Waals surface area (Å²) in [6.07, 6.45) is 82.1. The van der Waals surface area contributed by atoms with Crippen LogP contribution < -0.4 is 5.32 Å². The number of rotatable bonds is 62. The molecular formula is C83H139NO13. The molecule has 14 heteroatoms. The van der Waals surface area contributed by atoms with Crippen molar-refractivity contribution >= 4 is 5.91 Å². The first kappa shape index (κ1) is 89.0. The maximum atomic E-state index is 13.3. The molecule has 0 spiro atoms. The normalized spacial score (nSPS) is 23.0. The summed E-state index contributed by atoms with van der Waals surface area (Å²) in [6.45, 7) is 2.65. The van der Waals surface area contributed by atoms with E-state index >= 15 is 0 Å². The van der Waals surface area contributed by atoms with Crippen LogP contribution in [0.3, 0.4) is 0 Å². The van der Waals surface area contributed by atoms with Gasteiger partial charge >= 0.3 is 0 Å². The van der Waals surface area contributed by atoms with E-state index in [1.165, 1.54) is 141 Å². The molecule has 0 aromatic rings. The van der Waals surface area contributed by atoms with Crippen LogP contribution in [-0.4, -0.2) is 140 Å². The van der Waals surface area contributed by atoms with Crippen molar-refractivity contribution in [3.05, 3.63) is 146 Å². The van der Waals surface area contributed by atoms with E-state index in [0.717, 1.165) is 103 Å². The standard InChI is InChI=1S/C83H139NO13/c1-3-5-7-9-11-13-15-17-19-21-23-25-27-29-31-33-35-37-38-40-42-44-46-48-50-52-54-56-58-60-62-64-66-72(87)71(70-94-82-80(93)78(91)81(74(69-86)96-82)97-83-79(92)77(90)76(89)73(68-85)95-83)84-75(88)67-65-63-61-59-57-55-53-51-49-47-45-43-41-39-36-34-32-30-28-26-24-22-20-18-16-14-12-10-8-6-4-2/h6,8,12,14,18,20,24,26,30,32,36,39,43,45,48-51,55-58,64,66,71-74,76-83,85-87,89-93H,3-5,7,9-11,13,15-17,19,21-23,25,27-29,31,33-35,37-38,40-42,44,46-47,52-54,59-63,65,67-70H2,1-2H3,(H,84,88)/b8-6-,14-12-,20-18-,26-24-,32-30-,39-36-,45-43-,50-48+,51-49-,57-55-,58-56+,66-64+. The Morgan fingerprint density at radius 3 is 1.13 bits per heavy atom. The van der Waals surface area contributed by atoms with E-state index in [1.54, 1.807) is 6.08 Å². The van der Waals surface area contributed by atoms with Crippen molar-refractivity contribution in [2.75, 3.05) is 19.8 Å². The Kier molecular flexibility index (Phi) is 59.8. The lowest BCUT2D eigenvalue weighted by atomic mass is 9.97. The van der Waals surface area contributed by atoms with E-state index in [9.17, 15) is 45.6 Å². The molecule has 2 aliphatic rings. The fraction of sp³-hybridized carbons (Fsp3) is 0.699. The smallest absolute Gasteiger partial charge is 0.220 e. The Labute approximate surface area is 589 Å². The lowest BCUT2D eigenvalue weighted by molar-refractivity contribution is -0.359. The molecule has 2 fully saturated rings. The number of hydrogen-bond acceptors (Lipinski definition) is 13. The number of allylic oxidation sites excluding steroid dienone is 23. The fourth-order valence-corrected chi connectivity index (χ4v) is 11.7. The zero-order chi connectivity index (χ0) is 70.1. The van der Waals surface area contributed by atoms with Gasteiger partial charge in [-0.05, 0) is 116 Å². The van der Waals surface area contributed by atoms with Gasteiger partial charge in [0.25, 0.3) is 0 Å². The third-order valence-corrected chi connectivity index (χ3v) is 17.7. The number of unbranched alkanes of at least 4 members (excludes halogenated alkanes) is 27. The zero-order valence-electron chi connectivity index (χ0n) is 60.5. The number of amides is 1. The highest BCUT2D eigenvalue weighted by molar-refractivity contribution is 5.76. The van der Waals surface area contributed by atoms with Crippen LogP contribution in [0.25, 0.3) is 0 Å². The average molecular weight is 1360 g/mol. The van der Waals surface area contributed by atoms with Crippen LogP contribution in [0.2, 0.25) is 0 Å². The molecule has 0 aromatic heterocycles. The molecule has 97 heavy (non-hydrogen) atoms. The number of aliphatic hydroxyl groups excluding tert-OH is 8. The van der Waals surface area contributed by atoms with Gasteiger partial charge in [-0.15, -0.1) is 0 Å². The maximum absolute atomic E-state index is 13.3. The van der Waals surface area contributed by atoms with E-state index in [2.05, 4.69) is 153 Å². The van der Waals surface area contributed by atoms with E-state index in [4.69, 9.17) is 18.9 Å². The molecular weight excluding hydrogens is 1220 g/mol. The van der Waals surface area contributed by atoms with Gasteiger partial charge in [0, 0.05) is 6.42 Å². The summed E-state index contributed by atoms with van der Waals surface area (Å²) in [5.74, 6) is -0.289. The molecule has 2 heterocycles. The maximum Gasteiger partial charge on any atom is 0.220 e. The van der Waals surface area contributed by atoms with Crippen molar-refractivity contribution in [1.29, 1.82) is 0 Å². The van der Waals surface area contributed by atoms with Gasteiger partial charge in [-0.1, -0.05) is 301 Å². The zero-order valence-corrected chi connectivity index (χ0v) is 60.5. The predicted molar refractivity (Wildman–Crippen MR) is 401 cm³/mol. The van der Waals surface area contributed by atoms with Gasteiger partial charge in [0.05, 0.1) is 32.0 Å². The minimum atomic E-state index is -1.81. The van der Waals surface area contributed by atoms with Gasteiger partial charge in [0.1, 0.15) is 48.8 Å². The number of carbonyl (C=O) groups excluding carboxylic acids is 1. The van der Waals surface area contributed by atoms with E-state index in [-0.39, 0.29) is 18.9 Å². The van der Waals surface area contributed by atoms with Crippen LogP contribution in [0.4, 0.5) is 0 Å². The Hall–Kier alpha value is -4.13. The Balaban J connectivity index is 1.70. The fourth-order valence-electron chi connectivity index (χ4n) is 11.7. The van der Waals surface area contributed by atoms with Gasteiger partial charge < -0.3 is 65.1 Å². The van der Waals surface area contributed by atoms with Gasteiger partial charge in [0.2, 0.25) is 5.91 Å². The van der Waals surface area contributed by atoms with Crippen molar-refractivity contribution in [2.24, 2.45) is 0 Å². The average Bonchev–Trinajstić information content (AvgIpc) is 0.794. The molecule has 14 nitrogen and oxygen atoms in total. The third-order valence-electron chi connectivity index (χ3n) is 17.7. The number of carbonyl (C=O) groups is 1. The second-order valence-electron chi connectivity index (χ2n) is 26.4. The summed E-state index contributed by atoms with van der Waals surface area (Å²) < 4.78 is 22.8. The Bertz CT molecular complexity index is 2190. The molecule has 12 atom stereocenters. The molecule has 0 radical (unpaired) electrons. The lowest BCUT2D eigenvalue weighted by Gasteiger charge is -2.46. The molecule has 554 valence electrons. The highest BCUT2D eigenvalue weighted by atomic mass is 16.7. The highest BCUT2D eigenvalue weighted by Crippen LogP contribution is 2.30. The summed E-state index contributed by atoms with van der Waals surface area (Å²) in [7, 11) is 0. The number of nitrogens with one attached hydrogen (secondary N) is 1. The van der Waals surface area contributed by atoms with Crippen molar-refractivity contribution in [3.63, 3.8) is 0 Å². The number of hydrogen-bond donors (Lipinski definition) is 9. The highest BCUT2D eigenvalue weighted by Gasteiger charge is 2.51. The van der Waals surface area contributed by atoms with Crippen LogP contribution in [0, 0.1) is 0 Å². The van der Waals surface area contributed by atoms with Crippen molar-refractivity contribution in [3.8, 4) is 0 Å². The molecule has 9 N–H and O–H groups in total. The Morgan fingerprint density at radius 1 is 0.381 bits per heavy atom. The van der Waals surface area contributed by atoms with E-state index in [1.807, 2.05) is 6.08 Å². The summed E-state index contributed by atoms with van der Waals surface area (Å²) in [6, 6.07) is -0.970. The van der Waals surface area contributed by atoms with Crippen molar-refractivity contribution < 1.29 is 64.6 Å². The molecule has 2 rings (SSSR count). The summed E-state index contributed by atoms with van der Waals surface area (Å²) in [4.78, 5) is 13.3. The summed E-state index contributed by atoms with van der Waals surface area (Å²) in [5.41, 5.74) is 0. The number of aliphatic hydroxyl groups is 8. The minimum Gasteiger partial charge on any atom is -0.394 e. The Morgan fingerprint density at radius 2 is 0.722 bits per heavy atom. The predicted octanol–water partition coefficient (Wildman–Crippen LogP) is 17.2. The van der Waals surface area contributed by atoms with Crippen LogP contribution in [0.5, 0.6) is 0 Å². The SMILES string of the molecule is CC/C=C\C/C=C\C/C=C\C/C=C\C/C=C\C/C=C\C/C=C\C/C=C\C/C=C\CCCCCC(=O)NC(COC1OC(CO)C(OC2OC(CO)C(O)C(O)C2O)C(O)C1O)C(O)/C=C/CC/C=C/CC/C=C/CCCCCCCCCCCCCCCCCCCCCCCC. The van der Waals surface area contributed by atoms with Crippen molar-refractivity contribution in [2.45, 2.75) is 351 Å². The van der Waals surface area contributed by atoms with Gasteiger partial charge in [-0.25, -0.2) is 0 Å². The van der Waals surface area contributed by atoms with Crippen LogP contribution in [-0.2, 0) is 23.7 Å². The second-order valence-corrected chi connectivity index (χ2v) is 26.4. The monoisotopic (exact) mass is 1360 g/mol. The lowest BCUT2D eigenvalue weighted by Crippen LogP contribution is -2.65. The largest absolute Gasteiger partial charge is 0.394 e. The quantitative estimate of drug-likeness (QED) is 0.0204. The molecule has 2 saturated heterocycles.